The maximum absolute atomic E-state index is 11.6. The number of hydrogen-bond donors (Lipinski definition) is 2. The molecule has 0 spiro atoms. The summed E-state index contributed by atoms with van der Waals surface area (Å²) in [5, 5.41) is 6.58. The van der Waals surface area contributed by atoms with Crippen molar-refractivity contribution in [2.45, 2.75) is 30.6 Å². The van der Waals surface area contributed by atoms with Gasteiger partial charge < -0.3 is 10.6 Å². The molecule has 2 fully saturated rings. The van der Waals surface area contributed by atoms with Gasteiger partial charge in [0, 0.05) is 12.6 Å². The third-order valence-corrected chi connectivity index (χ3v) is 4.01. The molecule has 2 aliphatic heterocycles. The van der Waals surface area contributed by atoms with E-state index in [1.807, 2.05) is 0 Å². The van der Waals surface area contributed by atoms with Crippen LogP contribution in [0.1, 0.15) is 19.3 Å². The van der Waals surface area contributed by atoms with Gasteiger partial charge in [-0.05, 0) is 31.6 Å². The lowest BCUT2D eigenvalue weighted by molar-refractivity contribution is -0.121. The van der Waals surface area contributed by atoms with Crippen molar-refractivity contribution >= 4 is 17.7 Å². The smallest absolute Gasteiger partial charge is 0.233 e. The van der Waals surface area contributed by atoms with Crippen molar-refractivity contribution < 1.29 is 4.79 Å². The average Bonchev–Trinajstić information content (AvgIpc) is 2.74. The molecular formula is C9H16N2OS. The van der Waals surface area contributed by atoms with E-state index in [1.165, 1.54) is 6.42 Å². The van der Waals surface area contributed by atoms with Crippen LogP contribution in [-0.4, -0.2) is 36.0 Å². The maximum Gasteiger partial charge on any atom is 0.233 e. The van der Waals surface area contributed by atoms with E-state index in [0.29, 0.717) is 6.04 Å². The first kappa shape index (κ1) is 9.34. The molecule has 0 aromatic rings. The molecule has 2 saturated heterocycles. The van der Waals surface area contributed by atoms with Crippen LogP contribution in [0.3, 0.4) is 0 Å². The van der Waals surface area contributed by atoms with Gasteiger partial charge >= 0.3 is 0 Å². The fraction of sp³-hybridized carbons (Fsp3) is 0.889. The lowest BCUT2D eigenvalue weighted by Crippen LogP contribution is -2.40. The molecule has 0 radical (unpaired) electrons. The maximum atomic E-state index is 11.6. The molecule has 4 heteroatoms. The van der Waals surface area contributed by atoms with Crippen LogP contribution in [-0.2, 0) is 4.79 Å². The summed E-state index contributed by atoms with van der Waals surface area (Å²) >= 11 is 1.80. The van der Waals surface area contributed by atoms with Crippen LogP contribution in [0.5, 0.6) is 0 Å². The largest absolute Gasteiger partial charge is 0.351 e. The van der Waals surface area contributed by atoms with Crippen molar-refractivity contribution in [3.8, 4) is 0 Å². The Morgan fingerprint density at radius 3 is 3.00 bits per heavy atom. The molecule has 0 saturated carbocycles. The topological polar surface area (TPSA) is 41.1 Å². The number of nitrogens with one attached hydrogen (secondary N) is 2. The first-order chi connectivity index (χ1) is 6.36. The van der Waals surface area contributed by atoms with Gasteiger partial charge in [-0.3, -0.25) is 4.79 Å². The van der Waals surface area contributed by atoms with E-state index >= 15 is 0 Å². The van der Waals surface area contributed by atoms with Crippen LogP contribution in [0.25, 0.3) is 0 Å². The van der Waals surface area contributed by atoms with Crippen LogP contribution in [0, 0.1) is 0 Å². The summed E-state index contributed by atoms with van der Waals surface area (Å²) in [7, 11) is 0. The van der Waals surface area contributed by atoms with E-state index < -0.39 is 0 Å². The second-order valence-corrected chi connectivity index (χ2v) is 5.01. The van der Waals surface area contributed by atoms with Gasteiger partial charge in [-0.1, -0.05) is 0 Å². The zero-order chi connectivity index (χ0) is 9.10. The summed E-state index contributed by atoms with van der Waals surface area (Å²) < 4.78 is 0. The second kappa shape index (κ2) is 4.33. The minimum atomic E-state index is 0.237. The summed E-state index contributed by atoms with van der Waals surface area (Å²) in [5.41, 5.74) is 0. The van der Waals surface area contributed by atoms with Gasteiger partial charge in [0.25, 0.3) is 0 Å². The minimum Gasteiger partial charge on any atom is -0.351 e. The van der Waals surface area contributed by atoms with Crippen LogP contribution in [0.4, 0.5) is 0 Å². The summed E-state index contributed by atoms with van der Waals surface area (Å²) in [6, 6.07) is 0.383. The van der Waals surface area contributed by atoms with Gasteiger partial charge in [0.1, 0.15) is 0 Å². The van der Waals surface area contributed by atoms with Gasteiger partial charge in [0.15, 0.2) is 0 Å². The lowest BCUT2D eigenvalue weighted by Gasteiger charge is -2.14. The summed E-state index contributed by atoms with van der Waals surface area (Å²) in [4.78, 5) is 11.6. The molecule has 0 aromatic heterocycles. The molecule has 74 valence electrons. The normalized spacial score (nSPS) is 33.5. The van der Waals surface area contributed by atoms with E-state index in [1.54, 1.807) is 11.8 Å². The predicted octanol–water partition coefficient (Wildman–Crippen LogP) is 0.360. The van der Waals surface area contributed by atoms with Gasteiger partial charge in [0.05, 0.1) is 5.25 Å². The van der Waals surface area contributed by atoms with Crippen LogP contribution in [0.2, 0.25) is 0 Å². The van der Waals surface area contributed by atoms with Crippen molar-refractivity contribution in [1.29, 1.82) is 0 Å². The molecule has 2 heterocycles. The van der Waals surface area contributed by atoms with Crippen molar-refractivity contribution in [1.82, 2.24) is 10.6 Å². The summed E-state index contributed by atoms with van der Waals surface area (Å²) in [6.07, 6.45) is 3.35. The third-order valence-electron chi connectivity index (χ3n) is 2.63. The number of carbonyl (C=O) groups excluding carboxylic acids is 1. The highest BCUT2D eigenvalue weighted by atomic mass is 32.2. The Kier molecular flexibility index (Phi) is 3.11. The standard InChI is InChI=1S/C9H16N2OS/c12-9(8-2-1-5-13-8)11-7-3-4-10-6-7/h7-8,10H,1-6H2,(H,11,12). The van der Waals surface area contributed by atoms with Gasteiger partial charge in [0.2, 0.25) is 5.91 Å². The molecule has 1 amide bonds. The quantitative estimate of drug-likeness (QED) is 0.676. The Morgan fingerprint density at radius 1 is 1.46 bits per heavy atom. The Balaban J connectivity index is 1.76. The number of hydrogen-bond acceptors (Lipinski definition) is 3. The zero-order valence-corrected chi connectivity index (χ0v) is 8.53. The van der Waals surface area contributed by atoms with Gasteiger partial charge in [-0.15, -0.1) is 11.8 Å². The molecule has 13 heavy (non-hydrogen) atoms. The van der Waals surface area contributed by atoms with E-state index in [9.17, 15) is 4.79 Å². The Morgan fingerprint density at radius 2 is 2.38 bits per heavy atom. The SMILES string of the molecule is O=C(NC1CCNC1)C1CCCS1. The minimum absolute atomic E-state index is 0.237. The van der Waals surface area contributed by atoms with Crippen LogP contribution >= 0.6 is 11.8 Å². The highest BCUT2D eigenvalue weighted by Gasteiger charge is 2.26. The monoisotopic (exact) mass is 200 g/mol. The molecule has 2 aliphatic rings. The Hall–Kier alpha value is -0.220. The third kappa shape index (κ3) is 2.38. The van der Waals surface area contributed by atoms with E-state index in [4.69, 9.17) is 0 Å². The van der Waals surface area contributed by atoms with E-state index in [-0.39, 0.29) is 11.2 Å². The van der Waals surface area contributed by atoms with Gasteiger partial charge in [-0.2, -0.15) is 0 Å². The number of amides is 1. The average molecular weight is 200 g/mol. The van der Waals surface area contributed by atoms with Gasteiger partial charge in [-0.25, -0.2) is 0 Å². The highest BCUT2D eigenvalue weighted by Crippen LogP contribution is 2.26. The number of rotatable bonds is 2. The van der Waals surface area contributed by atoms with E-state index in [2.05, 4.69) is 10.6 Å². The lowest BCUT2D eigenvalue weighted by atomic mass is 10.2. The molecular weight excluding hydrogens is 184 g/mol. The molecule has 0 aromatic carbocycles. The first-order valence-electron chi connectivity index (χ1n) is 4.99. The first-order valence-corrected chi connectivity index (χ1v) is 6.04. The predicted molar refractivity (Wildman–Crippen MR) is 54.9 cm³/mol. The van der Waals surface area contributed by atoms with Crippen LogP contribution in [0.15, 0.2) is 0 Å². The zero-order valence-electron chi connectivity index (χ0n) is 7.71. The highest BCUT2D eigenvalue weighted by molar-refractivity contribution is 8.00. The Bertz CT molecular complexity index is 186. The number of carbonyl (C=O) groups is 1. The molecule has 2 unspecified atom stereocenters. The van der Waals surface area contributed by atoms with Crippen molar-refractivity contribution in [2.75, 3.05) is 18.8 Å². The second-order valence-electron chi connectivity index (χ2n) is 3.70. The summed E-state index contributed by atoms with van der Waals surface area (Å²) in [5.74, 6) is 1.41. The molecule has 0 bridgehead atoms. The molecule has 2 rings (SSSR count). The molecule has 2 N–H and O–H groups in total. The van der Waals surface area contributed by atoms with Crippen LogP contribution < -0.4 is 10.6 Å². The molecule has 2 atom stereocenters. The molecule has 3 nitrogen and oxygen atoms in total. The Labute approximate surface area is 83.0 Å². The van der Waals surface area contributed by atoms with Crippen molar-refractivity contribution in [3.63, 3.8) is 0 Å². The molecule has 0 aliphatic carbocycles. The number of thioether (sulfide) groups is 1. The summed E-state index contributed by atoms with van der Waals surface area (Å²) in [6.45, 7) is 1.99. The van der Waals surface area contributed by atoms with E-state index in [0.717, 1.165) is 31.7 Å². The van der Waals surface area contributed by atoms with Crippen molar-refractivity contribution in [3.05, 3.63) is 0 Å². The van der Waals surface area contributed by atoms with Crippen molar-refractivity contribution in [2.24, 2.45) is 0 Å². The fourth-order valence-electron chi connectivity index (χ4n) is 1.86. The fourth-order valence-corrected chi connectivity index (χ4v) is 3.03.